The van der Waals surface area contributed by atoms with Crippen LogP contribution in [0.1, 0.15) is 33.4 Å². The molecule has 0 bridgehead atoms. The van der Waals surface area contributed by atoms with Gasteiger partial charge in [-0.2, -0.15) is 0 Å². The second-order valence-corrected chi connectivity index (χ2v) is 5.95. The summed E-state index contributed by atoms with van der Waals surface area (Å²) in [5.41, 5.74) is 1.69. The third-order valence-corrected chi connectivity index (χ3v) is 3.88. The zero-order valence-corrected chi connectivity index (χ0v) is 16.2. The molecule has 0 atom stereocenters. The predicted molar refractivity (Wildman–Crippen MR) is 109 cm³/mol. The molecule has 0 aliphatic heterocycles. The van der Waals surface area contributed by atoms with Crippen LogP contribution >= 0.6 is 0 Å². The van der Waals surface area contributed by atoms with Gasteiger partial charge in [0.25, 0.3) is 11.8 Å². The van der Waals surface area contributed by atoms with Crippen LogP contribution in [0, 0.1) is 0 Å². The first-order valence-corrected chi connectivity index (χ1v) is 9.29. The molecule has 1 heterocycles. The van der Waals surface area contributed by atoms with E-state index in [4.69, 9.17) is 4.42 Å². The van der Waals surface area contributed by atoms with Gasteiger partial charge in [0.05, 0.1) is 6.26 Å². The van der Waals surface area contributed by atoms with Gasteiger partial charge in [-0.3, -0.25) is 14.6 Å². The topological polar surface area (TPSA) is 108 Å². The number of carbonyl (C=O) groups excluding carboxylic acids is 2. The van der Waals surface area contributed by atoms with Crippen molar-refractivity contribution in [2.24, 2.45) is 4.99 Å². The highest BCUT2D eigenvalue weighted by Gasteiger charge is 2.07. The summed E-state index contributed by atoms with van der Waals surface area (Å²) in [6, 6.07) is 10.8. The number of amides is 2. The molecule has 1 aromatic heterocycles. The number of carbonyl (C=O) groups is 2. The second-order valence-electron chi connectivity index (χ2n) is 5.95. The minimum Gasteiger partial charge on any atom is -0.459 e. The van der Waals surface area contributed by atoms with Gasteiger partial charge in [-0.15, -0.1) is 0 Å². The molecule has 0 aliphatic rings. The standard InChI is InChI=1S/C20H27N5O3/c1-3-22-20(25-12-11-23-19(27)17-8-5-13-28-17)24-10-9-15-6-4-7-16(14-15)18(26)21-2/h4-8,13-14H,3,9-12H2,1-2H3,(H,21,26)(H,23,27)(H2,22,24,25). The molecule has 0 saturated carbocycles. The molecule has 28 heavy (non-hydrogen) atoms. The van der Waals surface area contributed by atoms with Crippen molar-refractivity contribution in [3.8, 4) is 0 Å². The van der Waals surface area contributed by atoms with Crippen LogP contribution in [-0.2, 0) is 6.42 Å². The van der Waals surface area contributed by atoms with Crippen LogP contribution in [0.25, 0.3) is 0 Å². The lowest BCUT2D eigenvalue weighted by atomic mass is 10.1. The Morgan fingerprint density at radius 3 is 2.57 bits per heavy atom. The third kappa shape index (κ3) is 6.79. The SMILES string of the molecule is CCNC(=NCCc1cccc(C(=O)NC)c1)NCCNC(=O)c1ccco1. The number of aliphatic imine (C=N–C) groups is 1. The van der Waals surface area contributed by atoms with Gasteiger partial charge in [0.1, 0.15) is 0 Å². The van der Waals surface area contributed by atoms with E-state index in [1.54, 1.807) is 25.2 Å². The van der Waals surface area contributed by atoms with Crippen molar-refractivity contribution in [3.05, 3.63) is 59.5 Å². The molecular weight excluding hydrogens is 358 g/mol. The first-order chi connectivity index (χ1) is 13.6. The summed E-state index contributed by atoms with van der Waals surface area (Å²) in [5, 5.41) is 11.7. The van der Waals surface area contributed by atoms with Crippen LogP contribution in [0.15, 0.2) is 52.1 Å². The van der Waals surface area contributed by atoms with Crippen molar-refractivity contribution in [2.45, 2.75) is 13.3 Å². The summed E-state index contributed by atoms with van der Waals surface area (Å²) >= 11 is 0. The van der Waals surface area contributed by atoms with Crippen LogP contribution in [0.3, 0.4) is 0 Å². The summed E-state index contributed by atoms with van der Waals surface area (Å²) in [4.78, 5) is 28.0. The number of hydrogen-bond acceptors (Lipinski definition) is 4. The molecule has 1 aromatic carbocycles. The summed E-state index contributed by atoms with van der Waals surface area (Å²) < 4.78 is 5.04. The maximum atomic E-state index is 11.8. The van der Waals surface area contributed by atoms with Crippen molar-refractivity contribution < 1.29 is 14.0 Å². The van der Waals surface area contributed by atoms with Crippen LogP contribution in [-0.4, -0.2) is 51.0 Å². The highest BCUT2D eigenvalue weighted by Crippen LogP contribution is 2.06. The molecule has 0 aliphatic carbocycles. The number of benzene rings is 1. The number of nitrogens with one attached hydrogen (secondary N) is 4. The van der Waals surface area contributed by atoms with Gasteiger partial charge in [-0.25, -0.2) is 0 Å². The van der Waals surface area contributed by atoms with E-state index in [9.17, 15) is 9.59 Å². The lowest BCUT2D eigenvalue weighted by Crippen LogP contribution is -2.41. The van der Waals surface area contributed by atoms with E-state index < -0.39 is 0 Å². The van der Waals surface area contributed by atoms with Gasteiger partial charge in [-0.05, 0) is 43.2 Å². The van der Waals surface area contributed by atoms with Gasteiger partial charge in [0.15, 0.2) is 11.7 Å². The summed E-state index contributed by atoms with van der Waals surface area (Å²) in [7, 11) is 1.62. The van der Waals surface area contributed by atoms with E-state index in [-0.39, 0.29) is 11.8 Å². The molecule has 2 aromatic rings. The van der Waals surface area contributed by atoms with Crippen molar-refractivity contribution in [2.75, 3.05) is 33.2 Å². The van der Waals surface area contributed by atoms with Gasteiger partial charge in [0.2, 0.25) is 0 Å². The van der Waals surface area contributed by atoms with E-state index in [2.05, 4.69) is 26.3 Å². The fourth-order valence-electron chi connectivity index (χ4n) is 2.50. The Balaban J connectivity index is 1.78. The summed E-state index contributed by atoms with van der Waals surface area (Å²) in [5.74, 6) is 0.624. The fourth-order valence-corrected chi connectivity index (χ4v) is 2.50. The Labute approximate surface area is 164 Å². The number of nitrogens with zero attached hydrogens (tertiary/aromatic N) is 1. The van der Waals surface area contributed by atoms with E-state index in [0.29, 0.717) is 36.9 Å². The Morgan fingerprint density at radius 2 is 1.86 bits per heavy atom. The lowest BCUT2D eigenvalue weighted by Gasteiger charge is -2.11. The first-order valence-electron chi connectivity index (χ1n) is 9.29. The average Bonchev–Trinajstić information content (AvgIpc) is 3.25. The molecule has 8 heteroatoms. The Kier molecular flexibility index (Phi) is 8.58. The van der Waals surface area contributed by atoms with Crippen LogP contribution < -0.4 is 21.3 Å². The van der Waals surface area contributed by atoms with E-state index in [1.165, 1.54) is 6.26 Å². The highest BCUT2D eigenvalue weighted by atomic mass is 16.3. The highest BCUT2D eigenvalue weighted by molar-refractivity contribution is 5.94. The molecule has 0 unspecified atom stereocenters. The maximum absolute atomic E-state index is 11.8. The fraction of sp³-hybridized carbons (Fsp3) is 0.350. The summed E-state index contributed by atoms with van der Waals surface area (Å²) in [6.07, 6.45) is 2.18. The molecule has 0 radical (unpaired) electrons. The minimum absolute atomic E-state index is 0.100. The molecular formula is C20H27N5O3. The van der Waals surface area contributed by atoms with E-state index in [0.717, 1.165) is 18.5 Å². The van der Waals surface area contributed by atoms with Gasteiger partial charge >= 0.3 is 0 Å². The molecule has 0 fully saturated rings. The molecule has 2 rings (SSSR count). The molecule has 8 nitrogen and oxygen atoms in total. The summed E-state index contributed by atoms with van der Waals surface area (Å²) in [6.45, 7) is 4.27. The van der Waals surface area contributed by atoms with Crippen LogP contribution in [0.4, 0.5) is 0 Å². The zero-order valence-electron chi connectivity index (χ0n) is 16.2. The number of furan rings is 1. The Bertz CT molecular complexity index is 787. The van der Waals surface area contributed by atoms with Crippen LogP contribution in [0.2, 0.25) is 0 Å². The Morgan fingerprint density at radius 1 is 1.04 bits per heavy atom. The van der Waals surface area contributed by atoms with Crippen LogP contribution in [0.5, 0.6) is 0 Å². The molecule has 2 amide bonds. The van der Waals surface area contributed by atoms with Gasteiger partial charge < -0.3 is 25.7 Å². The molecule has 0 spiro atoms. The first kappa shape index (κ1) is 21.0. The lowest BCUT2D eigenvalue weighted by molar-refractivity contribution is 0.0925. The van der Waals surface area contributed by atoms with E-state index in [1.807, 2.05) is 25.1 Å². The number of hydrogen-bond donors (Lipinski definition) is 4. The predicted octanol–water partition coefficient (Wildman–Crippen LogP) is 1.17. The Hall–Kier alpha value is -3.29. The van der Waals surface area contributed by atoms with E-state index >= 15 is 0 Å². The maximum Gasteiger partial charge on any atom is 0.287 e. The van der Waals surface area contributed by atoms with Crippen molar-refractivity contribution >= 4 is 17.8 Å². The normalized spacial score (nSPS) is 11.0. The second kappa shape index (κ2) is 11.4. The number of guanidine groups is 1. The largest absolute Gasteiger partial charge is 0.459 e. The minimum atomic E-state index is -0.246. The quantitative estimate of drug-likeness (QED) is 0.294. The third-order valence-electron chi connectivity index (χ3n) is 3.88. The zero-order chi connectivity index (χ0) is 20.2. The molecule has 150 valence electrons. The average molecular weight is 385 g/mol. The van der Waals surface area contributed by atoms with Crippen molar-refractivity contribution in [3.63, 3.8) is 0 Å². The van der Waals surface area contributed by atoms with Crippen molar-refractivity contribution in [1.82, 2.24) is 21.3 Å². The molecule has 4 N–H and O–H groups in total. The van der Waals surface area contributed by atoms with Gasteiger partial charge in [-0.1, -0.05) is 12.1 Å². The van der Waals surface area contributed by atoms with Gasteiger partial charge in [0, 0.05) is 38.8 Å². The monoisotopic (exact) mass is 385 g/mol. The van der Waals surface area contributed by atoms with Crippen molar-refractivity contribution in [1.29, 1.82) is 0 Å². The number of rotatable bonds is 9. The smallest absolute Gasteiger partial charge is 0.287 e. The molecule has 0 saturated heterocycles.